The van der Waals surface area contributed by atoms with Gasteiger partial charge in [0.25, 0.3) is 0 Å². The van der Waals surface area contributed by atoms with E-state index in [0.29, 0.717) is 48.8 Å². The van der Waals surface area contributed by atoms with E-state index in [1.54, 1.807) is 17.0 Å². The molecule has 0 radical (unpaired) electrons. The van der Waals surface area contributed by atoms with Crippen molar-refractivity contribution in [3.63, 3.8) is 0 Å². The van der Waals surface area contributed by atoms with Crippen LogP contribution in [0.3, 0.4) is 0 Å². The standard InChI is InChI=1S/C26H24F4N6/c27-21-13-16(5-6-17(21)14-31)24-19-15-36(23-4-2-1-3-20(23)26(28,29)30)12-9-22(19)33-25(34-24)35-10-7-18(32)8-11-35/h1-6,13,18H,7-12,15,32H2. The van der Waals surface area contributed by atoms with Gasteiger partial charge in [-0.15, -0.1) is 0 Å². The Kier molecular flexibility index (Phi) is 6.26. The lowest BCUT2D eigenvalue weighted by molar-refractivity contribution is -0.137. The fraction of sp³-hybridized carbons (Fsp3) is 0.346. The Morgan fingerprint density at radius 2 is 1.75 bits per heavy atom. The number of aromatic nitrogens is 2. The van der Waals surface area contributed by atoms with Gasteiger partial charge in [0.1, 0.15) is 11.9 Å². The molecule has 1 saturated heterocycles. The van der Waals surface area contributed by atoms with Crippen molar-refractivity contribution >= 4 is 11.6 Å². The predicted molar refractivity (Wildman–Crippen MR) is 128 cm³/mol. The van der Waals surface area contributed by atoms with Crippen molar-refractivity contribution in [3.05, 3.63) is 70.7 Å². The van der Waals surface area contributed by atoms with Gasteiger partial charge in [-0.1, -0.05) is 18.2 Å². The molecular formula is C26H24F4N6. The summed E-state index contributed by atoms with van der Waals surface area (Å²) in [5.74, 6) is -0.174. The molecule has 186 valence electrons. The minimum Gasteiger partial charge on any atom is -0.366 e. The van der Waals surface area contributed by atoms with E-state index in [2.05, 4.69) is 0 Å². The van der Waals surface area contributed by atoms with Crippen LogP contribution in [0.1, 0.15) is 35.2 Å². The minimum absolute atomic E-state index is 0.0849. The lowest BCUT2D eigenvalue weighted by atomic mass is 9.97. The van der Waals surface area contributed by atoms with Gasteiger partial charge < -0.3 is 15.5 Å². The van der Waals surface area contributed by atoms with Gasteiger partial charge in [-0.3, -0.25) is 0 Å². The molecule has 5 rings (SSSR count). The van der Waals surface area contributed by atoms with Gasteiger partial charge in [0, 0.05) is 55.5 Å². The SMILES string of the molecule is N#Cc1ccc(-c2nc(N3CCC(N)CC3)nc3c2CN(c2ccccc2C(F)(F)F)CC3)cc1F. The molecule has 36 heavy (non-hydrogen) atoms. The van der Waals surface area contributed by atoms with Crippen molar-refractivity contribution in [2.45, 2.75) is 38.0 Å². The van der Waals surface area contributed by atoms with Gasteiger partial charge in [0.2, 0.25) is 5.95 Å². The summed E-state index contributed by atoms with van der Waals surface area (Å²) in [6.07, 6.45) is -2.49. The van der Waals surface area contributed by atoms with Gasteiger partial charge >= 0.3 is 6.18 Å². The summed E-state index contributed by atoms with van der Waals surface area (Å²) in [5.41, 5.74) is 7.63. The maximum atomic E-state index is 14.6. The number of nitriles is 1. The van der Waals surface area contributed by atoms with E-state index >= 15 is 0 Å². The highest BCUT2D eigenvalue weighted by Gasteiger charge is 2.36. The van der Waals surface area contributed by atoms with Gasteiger partial charge in [0.05, 0.1) is 22.5 Å². The summed E-state index contributed by atoms with van der Waals surface area (Å²) in [7, 11) is 0. The van der Waals surface area contributed by atoms with Crippen LogP contribution in [0.4, 0.5) is 29.2 Å². The quantitative estimate of drug-likeness (QED) is 0.531. The number of alkyl halides is 3. The van der Waals surface area contributed by atoms with E-state index in [1.165, 1.54) is 24.3 Å². The molecule has 0 spiro atoms. The third-order valence-corrected chi connectivity index (χ3v) is 6.78. The van der Waals surface area contributed by atoms with Gasteiger partial charge in [-0.05, 0) is 37.1 Å². The highest BCUT2D eigenvalue weighted by atomic mass is 19.4. The first kappa shape index (κ1) is 24.0. The van der Waals surface area contributed by atoms with Crippen molar-refractivity contribution in [2.75, 3.05) is 29.4 Å². The second kappa shape index (κ2) is 9.39. The maximum Gasteiger partial charge on any atom is 0.418 e. The molecule has 2 aromatic carbocycles. The van der Waals surface area contributed by atoms with E-state index in [-0.39, 0.29) is 23.8 Å². The minimum atomic E-state index is -4.49. The Morgan fingerprint density at radius 3 is 2.44 bits per heavy atom. The van der Waals surface area contributed by atoms with E-state index < -0.39 is 17.6 Å². The maximum absolute atomic E-state index is 14.6. The molecule has 0 atom stereocenters. The number of hydrogen-bond acceptors (Lipinski definition) is 6. The van der Waals surface area contributed by atoms with Crippen molar-refractivity contribution in [1.29, 1.82) is 5.26 Å². The highest BCUT2D eigenvalue weighted by Crippen LogP contribution is 2.39. The van der Waals surface area contributed by atoms with Crippen LogP contribution < -0.4 is 15.5 Å². The fourth-order valence-corrected chi connectivity index (χ4v) is 4.83. The van der Waals surface area contributed by atoms with Crippen LogP contribution in [0.5, 0.6) is 0 Å². The molecule has 10 heteroatoms. The number of piperidine rings is 1. The molecule has 6 nitrogen and oxygen atoms in total. The normalized spacial score (nSPS) is 16.6. The second-order valence-electron chi connectivity index (χ2n) is 9.11. The Hall–Kier alpha value is -3.71. The highest BCUT2D eigenvalue weighted by molar-refractivity contribution is 5.69. The Morgan fingerprint density at radius 1 is 1.00 bits per heavy atom. The topological polar surface area (TPSA) is 82.1 Å². The van der Waals surface area contributed by atoms with Crippen LogP contribution >= 0.6 is 0 Å². The predicted octanol–water partition coefficient (Wildman–Crippen LogP) is 4.66. The van der Waals surface area contributed by atoms with Crippen LogP contribution in [0.2, 0.25) is 0 Å². The van der Waals surface area contributed by atoms with E-state index in [1.807, 2.05) is 11.0 Å². The molecule has 0 amide bonds. The largest absolute Gasteiger partial charge is 0.418 e. The monoisotopic (exact) mass is 496 g/mol. The third kappa shape index (κ3) is 4.58. The molecule has 3 heterocycles. The molecule has 0 saturated carbocycles. The fourth-order valence-electron chi connectivity index (χ4n) is 4.83. The average Bonchev–Trinajstić information content (AvgIpc) is 2.87. The first-order chi connectivity index (χ1) is 17.2. The Balaban J connectivity index is 1.59. The van der Waals surface area contributed by atoms with Crippen molar-refractivity contribution in [2.24, 2.45) is 5.73 Å². The van der Waals surface area contributed by atoms with Gasteiger partial charge in [0.15, 0.2) is 0 Å². The lowest BCUT2D eigenvalue weighted by Crippen LogP contribution is -2.41. The third-order valence-electron chi connectivity index (χ3n) is 6.78. The number of hydrogen-bond donors (Lipinski definition) is 1. The number of halogens is 4. The number of nitrogens with two attached hydrogens (primary N) is 1. The average molecular weight is 497 g/mol. The van der Waals surface area contributed by atoms with E-state index in [0.717, 1.165) is 24.6 Å². The Bertz CT molecular complexity index is 1320. The van der Waals surface area contributed by atoms with E-state index in [9.17, 15) is 17.6 Å². The van der Waals surface area contributed by atoms with Crippen molar-refractivity contribution < 1.29 is 17.6 Å². The number of para-hydroxylation sites is 1. The van der Waals surface area contributed by atoms with Crippen LogP contribution in [0.25, 0.3) is 11.3 Å². The van der Waals surface area contributed by atoms with Gasteiger partial charge in [-0.25, -0.2) is 14.4 Å². The lowest BCUT2D eigenvalue weighted by Gasteiger charge is -2.35. The molecule has 0 bridgehead atoms. The number of nitrogens with zero attached hydrogens (tertiary/aromatic N) is 5. The summed E-state index contributed by atoms with van der Waals surface area (Å²) in [5, 5.41) is 9.13. The molecule has 2 aliphatic rings. The molecule has 2 N–H and O–H groups in total. The van der Waals surface area contributed by atoms with Crippen LogP contribution in [0, 0.1) is 17.1 Å². The van der Waals surface area contributed by atoms with Crippen molar-refractivity contribution in [3.8, 4) is 17.3 Å². The van der Waals surface area contributed by atoms with Crippen molar-refractivity contribution in [1.82, 2.24) is 9.97 Å². The molecule has 0 aliphatic carbocycles. The first-order valence-electron chi connectivity index (χ1n) is 11.8. The molecule has 1 aromatic heterocycles. The van der Waals surface area contributed by atoms with Crippen LogP contribution in [-0.2, 0) is 19.1 Å². The zero-order chi connectivity index (χ0) is 25.4. The zero-order valence-corrected chi connectivity index (χ0v) is 19.4. The summed E-state index contributed by atoms with van der Waals surface area (Å²) >= 11 is 0. The zero-order valence-electron chi connectivity index (χ0n) is 19.4. The van der Waals surface area contributed by atoms with E-state index in [4.69, 9.17) is 21.0 Å². The summed E-state index contributed by atoms with van der Waals surface area (Å²) < 4.78 is 55.7. The summed E-state index contributed by atoms with van der Waals surface area (Å²) in [4.78, 5) is 13.3. The van der Waals surface area contributed by atoms with Crippen LogP contribution in [-0.4, -0.2) is 35.6 Å². The molecule has 1 fully saturated rings. The molecule has 3 aromatic rings. The number of fused-ring (bicyclic) bond motifs is 1. The van der Waals surface area contributed by atoms with Crippen LogP contribution in [0.15, 0.2) is 42.5 Å². The van der Waals surface area contributed by atoms with Gasteiger partial charge in [-0.2, -0.15) is 18.4 Å². The molecule has 0 unspecified atom stereocenters. The number of benzene rings is 2. The summed E-state index contributed by atoms with van der Waals surface area (Å²) in [6.45, 7) is 1.87. The number of rotatable bonds is 3. The number of anilines is 2. The summed E-state index contributed by atoms with van der Waals surface area (Å²) in [6, 6.07) is 11.7. The molecular weight excluding hydrogens is 472 g/mol. The smallest absolute Gasteiger partial charge is 0.366 e. The first-order valence-corrected chi connectivity index (χ1v) is 11.8. The molecule has 2 aliphatic heterocycles. The second-order valence-corrected chi connectivity index (χ2v) is 9.11. The Labute approximate surface area is 206 Å².